The molecule has 1 aliphatic rings. The molecule has 0 spiro atoms. The van der Waals surface area contributed by atoms with Gasteiger partial charge in [0.15, 0.2) is 0 Å². The standard InChI is InChI=1S/C13H23N3O2/c1-3-6-15-8-9-18-11(10-15)12(17)13-14-5-7-16(13)4-2/h5,7,11-12,17H,3-4,6,8-10H2,1-2H3. The SMILES string of the molecule is CCCN1CCOC(C(O)c2nccn2CC)C1. The second-order valence-electron chi connectivity index (χ2n) is 4.73. The van der Waals surface area contributed by atoms with Crippen molar-refractivity contribution >= 4 is 0 Å². The lowest BCUT2D eigenvalue weighted by molar-refractivity contribution is -0.0931. The van der Waals surface area contributed by atoms with Crippen LogP contribution in [0.3, 0.4) is 0 Å². The van der Waals surface area contributed by atoms with Gasteiger partial charge in [-0.2, -0.15) is 0 Å². The van der Waals surface area contributed by atoms with Crippen LogP contribution in [0.5, 0.6) is 0 Å². The van der Waals surface area contributed by atoms with Crippen LogP contribution in [0, 0.1) is 0 Å². The van der Waals surface area contributed by atoms with Crippen molar-refractivity contribution in [3.8, 4) is 0 Å². The van der Waals surface area contributed by atoms with Crippen LogP contribution in [0.25, 0.3) is 0 Å². The summed E-state index contributed by atoms with van der Waals surface area (Å²) in [5.41, 5.74) is 0. The Kier molecular flexibility index (Phi) is 4.74. The Bertz CT molecular complexity index is 365. The number of aliphatic hydroxyl groups is 1. The molecule has 18 heavy (non-hydrogen) atoms. The lowest BCUT2D eigenvalue weighted by Crippen LogP contribution is -2.45. The topological polar surface area (TPSA) is 50.5 Å². The molecule has 5 heteroatoms. The van der Waals surface area contributed by atoms with Gasteiger partial charge in [-0.05, 0) is 19.9 Å². The minimum atomic E-state index is -0.639. The molecule has 0 radical (unpaired) electrons. The number of morpholine rings is 1. The van der Waals surface area contributed by atoms with Crippen LogP contribution in [0.4, 0.5) is 0 Å². The number of aliphatic hydroxyl groups excluding tert-OH is 1. The van der Waals surface area contributed by atoms with Gasteiger partial charge < -0.3 is 14.4 Å². The van der Waals surface area contributed by atoms with E-state index >= 15 is 0 Å². The summed E-state index contributed by atoms with van der Waals surface area (Å²) in [7, 11) is 0. The summed E-state index contributed by atoms with van der Waals surface area (Å²) >= 11 is 0. The summed E-state index contributed by atoms with van der Waals surface area (Å²) in [6.07, 6.45) is 3.95. The van der Waals surface area contributed by atoms with Gasteiger partial charge in [-0.3, -0.25) is 4.90 Å². The Labute approximate surface area is 108 Å². The third-order valence-electron chi connectivity index (χ3n) is 3.42. The van der Waals surface area contributed by atoms with Crippen molar-refractivity contribution in [2.45, 2.75) is 39.0 Å². The van der Waals surface area contributed by atoms with Crippen LogP contribution in [0.15, 0.2) is 12.4 Å². The van der Waals surface area contributed by atoms with E-state index in [9.17, 15) is 5.11 Å². The fourth-order valence-electron chi connectivity index (χ4n) is 2.46. The van der Waals surface area contributed by atoms with E-state index in [-0.39, 0.29) is 6.10 Å². The first-order valence-electron chi connectivity index (χ1n) is 6.79. The molecule has 1 aromatic heterocycles. The van der Waals surface area contributed by atoms with Crippen LogP contribution >= 0.6 is 0 Å². The second-order valence-corrected chi connectivity index (χ2v) is 4.73. The maximum Gasteiger partial charge on any atom is 0.140 e. The molecular formula is C13H23N3O2. The van der Waals surface area contributed by atoms with Gasteiger partial charge in [-0.25, -0.2) is 4.98 Å². The normalized spacial score (nSPS) is 23.2. The van der Waals surface area contributed by atoms with Crippen molar-refractivity contribution in [3.63, 3.8) is 0 Å². The lowest BCUT2D eigenvalue weighted by Gasteiger charge is -2.34. The number of rotatable bonds is 5. The van der Waals surface area contributed by atoms with Crippen LogP contribution < -0.4 is 0 Å². The lowest BCUT2D eigenvalue weighted by atomic mass is 10.1. The van der Waals surface area contributed by atoms with E-state index < -0.39 is 6.10 Å². The Morgan fingerprint density at radius 1 is 1.56 bits per heavy atom. The molecule has 5 nitrogen and oxygen atoms in total. The molecule has 1 aromatic rings. The molecule has 2 atom stereocenters. The van der Waals surface area contributed by atoms with E-state index in [0.717, 1.165) is 32.6 Å². The molecule has 0 bridgehead atoms. The predicted molar refractivity (Wildman–Crippen MR) is 69.3 cm³/mol. The smallest absolute Gasteiger partial charge is 0.140 e. The van der Waals surface area contributed by atoms with Gasteiger partial charge in [-0.1, -0.05) is 6.92 Å². The number of nitrogens with zero attached hydrogens (tertiary/aromatic N) is 3. The molecule has 102 valence electrons. The number of aromatic nitrogens is 2. The summed E-state index contributed by atoms with van der Waals surface area (Å²) in [5.74, 6) is 0.709. The van der Waals surface area contributed by atoms with Gasteiger partial charge in [0.25, 0.3) is 0 Å². The van der Waals surface area contributed by atoms with Gasteiger partial charge in [0.05, 0.1) is 6.61 Å². The van der Waals surface area contributed by atoms with Gasteiger partial charge in [-0.15, -0.1) is 0 Å². The van der Waals surface area contributed by atoms with Gasteiger partial charge in [0.2, 0.25) is 0 Å². The minimum Gasteiger partial charge on any atom is -0.382 e. The number of aryl methyl sites for hydroxylation is 1. The van der Waals surface area contributed by atoms with Crippen LogP contribution in [0.1, 0.15) is 32.2 Å². The first kappa shape index (κ1) is 13.5. The first-order chi connectivity index (χ1) is 8.76. The van der Waals surface area contributed by atoms with Gasteiger partial charge in [0, 0.05) is 32.0 Å². The van der Waals surface area contributed by atoms with Crippen molar-refractivity contribution in [1.82, 2.24) is 14.5 Å². The van der Waals surface area contributed by atoms with E-state index in [1.165, 1.54) is 0 Å². The molecule has 2 heterocycles. The van der Waals surface area contributed by atoms with Crippen molar-refractivity contribution < 1.29 is 9.84 Å². The Morgan fingerprint density at radius 2 is 2.39 bits per heavy atom. The Hall–Kier alpha value is -0.910. The number of hydrogen-bond acceptors (Lipinski definition) is 4. The molecule has 2 rings (SSSR count). The maximum atomic E-state index is 10.4. The molecule has 1 N–H and O–H groups in total. The highest BCUT2D eigenvalue weighted by Gasteiger charge is 2.29. The number of hydrogen-bond donors (Lipinski definition) is 1. The van der Waals surface area contributed by atoms with Crippen molar-refractivity contribution in [1.29, 1.82) is 0 Å². The van der Waals surface area contributed by atoms with Crippen LogP contribution in [-0.4, -0.2) is 51.9 Å². The maximum absolute atomic E-state index is 10.4. The Morgan fingerprint density at radius 3 is 3.11 bits per heavy atom. The third kappa shape index (κ3) is 2.91. The van der Waals surface area contributed by atoms with E-state index in [2.05, 4.69) is 16.8 Å². The summed E-state index contributed by atoms with van der Waals surface area (Å²) in [4.78, 5) is 6.59. The molecule has 2 unspecified atom stereocenters. The molecular weight excluding hydrogens is 230 g/mol. The zero-order valence-corrected chi connectivity index (χ0v) is 11.2. The number of imidazole rings is 1. The monoisotopic (exact) mass is 253 g/mol. The minimum absolute atomic E-state index is 0.169. The largest absolute Gasteiger partial charge is 0.382 e. The molecule has 0 aromatic carbocycles. The summed E-state index contributed by atoms with van der Waals surface area (Å²) in [5, 5.41) is 10.4. The fraction of sp³-hybridized carbons (Fsp3) is 0.769. The molecule has 1 fully saturated rings. The third-order valence-corrected chi connectivity index (χ3v) is 3.42. The summed E-state index contributed by atoms with van der Waals surface area (Å²) < 4.78 is 7.66. The van der Waals surface area contributed by atoms with E-state index in [4.69, 9.17) is 4.74 Å². The molecule has 0 aliphatic carbocycles. The Balaban J connectivity index is 2.02. The van der Waals surface area contributed by atoms with Crippen LogP contribution in [-0.2, 0) is 11.3 Å². The molecule has 1 saturated heterocycles. The number of ether oxygens (including phenoxy) is 1. The van der Waals surface area contributed by atoms with E-state index in [1.807, 2.05) is 17.7 Å². The van der Waals surface area contributed by atoms with Gasteiger partial charge in [0.1, 0.15) is 18.0 Å². The zero-order chi connectivity index (χ0) is 13.0. The van der Waals surface area contributed by atoms with Crippen LogP contribution in [0.2, 0.25) is 0 Å². The fourth-order valence-corrected chi connectivity index (χ4v) is 2.46. The zero-order valence-electron chi connectivity index (χ0n) is 11.2. The highest BCUT2D eigenvalue weighted by atomic mass is 16.5. The summed E-state index contributed by atoms with van der Waals surface area (Å²) in [6.45, 7) is 8.53. The van der Waals surface area contributed by atoms with Crippen molar-refractivity contribution in [2.24, 2.45) is 0 Å². The van der Waals surface area contributed by atoms with Gasteiger partial charge >= 0.3 is 0 Å². The van der Waals surface area contributed by atoms with Crippen molar-refractivity contribution in [3.05, 3.63) is 18.2 Å². The average Bonchev–Trinajstić information content (AvgIpc) is 2.87. The average molecular weight is 253 g/mol. The molecule has 0 amide bonds. The van der Waals surface area contributed by atoms with Crippen molar-refractivity contribution in [2.75, 3.05) is 26.2 Å². The first-order valence-corrected chi connectivity index (χ1v) is 6.79. The highest BCUT2D eigenvalue weighted by molar-refractivity contribution is 5.00. The molecule has 0 saturated carbocycles. The highest BCUT2D eigenvalue weighted by Crippen LogP contribution is 2.21. The summed E-state index contributed by atoms with van der Waals surface area (Å²) in [6, 6.07) is 0. The predicted octanol–water partition coefficient (Wildman–Crippen LogP) is 1.05. The van der Waals surface area contributed by atoms with E-state index in [0.29, 0.717) is 12.4 Å². The molecule has 1 aliphatic heterocycles. The second kappa shape index (κ2) is 6.31. The quantitative estimate of drug-likeness (QED) is 0.852. The van der Waals surface area contributed by atoms with E-state index in [1.54, 1.807) is 6.20 Å².